The van der Waals surface area contributed by atoms with E-state index in [1.165, 1.54) is 18.5 Å². The number of aryl methyl sites for hydroxylation is 1. The Morgan fingerprint density at radius 1 is 1.53 bits per heavy atom. The third-order valence-corrected chi connectivity index (χ3v) is 3.93. The molecular formula is C13H24N4. The van der Waals surface area contributed by atoms with Crippen molar-refractivity contribution in [3.8, 4) is 0 Å². The number of nitrogens with zero attached hydrogens (tertiary/aromatic N) is 3. The Hall–Kier alpha value is -0.870. The molecule has 2 unspecified atom stereocenters. The second-order valence-electron chi connectivity index (χ2n) is 5.37. The predicted octanol–water partition coefficient (Wildman–Crippen LogP) is 1.54. The molecule has 1 aliphatic rings. The summed E-state index contributed by atoms with van der Waals surface area (Å²) >= 11 is 0. The van der Waals surface area contributed by atoms with E-state index in [2.05, 4.69) is 28.3 Å². The van der Waals surface area contributed by atoms with Crippen molar-refractivity contribution in [2.45, 2.75) is 38.8 Å². The summed E-state index contributed by atoms with van der Waals surface area (Å²) in [6.45, 7) is 6.44. The lowest BCUT2D eigenvalue weighted by atomic mass is 10.00. The molecule has 1 saturated heterocycles. The maximum absolute atomic E-state index is 5.99. The van der Waals surface area contributed by atoms with Gasteiger partial charge < -0.3 is 10.3 Å². The molecule has 4 heteroatoms. The van der Waals surface area contributed by atoms with Crippen LogP contribution in [0.1, 0.15) is 38.4 Å². The number of likely N-dealkylation sites (tertiary alicyclic amines) is 1. The Kier molecular flexibility index (Phi) is 3.84. The minimum atomic E-state index is 0.317. The number of nitrogens with two attached hydrogens (primary N) is 1. The van der Waals surface area contributed by atoms with Crippen molar-refractivity contribution in [3.63, 3.8) is 0 Å². The van der Waals surface area contributed by atoms with Crippen LogP contribution < -0.4 is 5.73 Å². The van der Waals surface area contributed by atoms with Crippen molar-refractivity contribution in [1.29, 1.82) is 0 Å². The quantitative estimate of drug-likeness (QED) is 0.862. The average molecular weight is 236 g/mol. The van der Waals surface area contributed by atoms with Crippen LogP contribution in [0.3, 0.4) is 0 Å². The lowest BCUT2D eigenvalue weighted by molar-refractivity contribution is 0.145. The first-order valence-corrected chi connectivity index (χ1v) is 6.57. The second kappa shape index (κ2) is 5.19. The zero-order chi connectivity index (χ0) is 12.4. The van der Waals surface area contributed by atoms with E-state index in [0.29, 0.717) is 24.5 Å². The molecular weight excluding hydrogens is 212 g/mol. The standard InChI is InChI=1S/C13H24N4/c1-10(2)11-5-4-6-17(11)12(7-14)13-8-15-9-16(13)3/h8-12H,4-7,14H2,1-3H3. The first kappa shape index (κ1) is 12.6. The molecule has 1 fully saturated rings. The SMILES string of the molecule is CC(C)C1CCCN1C(CN)c1cncn1C. The topological polar surface area (TPSA) is 47.1 Å². The second-order valence-corrected chi connectivity index (χ2v) is 5.37. The maximum atomic E-state index is 5.99. The van der Waals surface area contributed by atoms with E-state index in [1.807, 2.05) is 19.6 Å². The summed E-state index contributed by atoms with van der Waals surface area (Å²) in [6, 6.07) is 0.982. The lowest BCUT2D eigenvalue weighted by Gasteiger charge is -2.34. The fraction of sp³-hybridized carbons (Fsp3) is 0.769. The molecule has 0 aliphatic carbocycles. The van der Waals surface area contributed by atoms with E-state index in [-0.39, 0.29) is 0 Å². The van der Waals surface area contributed by atoms with Crippen LogP contribution in [0, 0.1) is 5.92 Å². The summed E-state index contributed by atoms with van der Waals surface area (Å²) in [5.74, 6) is 0.694. The van der Waals surface area contributed by atoms with Crippen LogP contribution in [-0.2, 0) is 7.05 Å². The smallest absolute Gasteiger partial charge is 0.0946 e. The van der Waals surface area contributed by atoms with E-state index in [9.17, 15) is 0 Å². The first-order valence-electron chi connectivity index (χ1n) is 6.57. The summed E-state index contributed by atoms with van der Waals surface area (Å²) < 4.78 is 2.09. The molecule has 0 aromatic carbocycles. The normalized spacial score (nSPS) is 23.5. The molecule has 0 saturated carbocycles. The maximum Gasteiger partial charge on any atom is 0.0946 e. The van der Waals surface area contributed by atoms with E-state index in [0.717, 1.165) is 6.54 Å². The van der Waals surface area contributed by atoms with Crippen LogP contribution in [0.5, 0.6) is 0 Å². The number of imidazole rings is 1. The van der Waals surface area contributed by atoms with Crippen molar-refractivity contribution >= 4 is 0 Å². The summed E-state index contributed by atoms with van der Waals surface area (Å²) in [4.78, 5) is 6.78. The number of hydrogen-bond donors (Lipinski definition) is 1. The highest BCUT2D eigenvalue weighted by molar-refractivity contribution is 5.08. The zero-order valence-electron chi connectivity index (χ0n) is 11.1. The monoisotopic (exact) mass is 236 g/mol. The van der Waals surface area contributed by atoms with Crippen molar-refractivity contribution in [3.05, 3.63) is 18.2 Å². The van der Waals surface area contributed by atoms with E-state index in [4.69, 9.17) is 5.73 Å². The van der Waals surface area contributed by atoms with Crippen molar-refractivity contribution in [1.82, 2.24) is 14.5 Å². The molecule has 96 valence electrons. The highest BCUT2D eigenvalue weighted by Crippen LogP contribution is 2.31. The van der Waals surface area contributed by atoms with Crippen LogP contribution >= 0.6 is 0 Å². The van der Waals surface area contributed by atoms with Gasteiger partial charge in [-0.1, -0.05) is 13.8 Å². The molecule has 1 aromatic heterocycles. The fourth-order valence-corrected chi connectivity index (χ4v) is 3.03. The van der Waals surface area contributed by atoms with E-state index < -0.39 is 0 Å². The molecule has 1 aromatic rings. The zero-order valence-corrected chi connectivity index (χ0v) is 11.1. The van der Waals surface area contributed by atoms with Crippen molar-refractivity contribution in [2.24, 2.45) is 18.7 Å². The van der Waals surface area contributed by atoms with Gasteiger partial charge in [-0.2, -0.15) is 0 Å². The molecule has 2 atom stereocenters. The average Bonchev–Trinajstić information content (AvgIpc) is 2.90. The van der Waals surface area contributed by atoms with Crippen molar-refractivity contribution < 1.29 is 0 Å². The van der Waals surface area contributed by atoms with Gasteiger partial charge in [-0.05, 0) is 25.3 Å². The van der Waals surface area contributed by atoms with Gasteiger partial charge in [0, 0.05) is 25.8 Å². The van der Waals surface area contributed by atoms with Gasteiger partial charge in [0.15, 0.2) is 0 Å². The van der Waals surface area contributed by atoms with Crippen LogP contribution in [0.2, 0.25) is 0 Å². The van der Waals surface area contributed by atoms with Crippen LogP contribution in [0.15, 0.2) is 12.5 Å². The molecule has 2 rings (SSSR count). The first-order chi connectivity index (χ1) is 8.15. The summed E-state index contributed by atoms with van der Waals surface area (Å²) in [5, 5.41) is 0. The van der Waals surface area contributed by atoms with Gasteiger partial charge in [0.25, 0.3) is 0 Å². The van der Waals surface area contributed by atoms with Crippen LogP contribution in [0.4, 0.5) is 0 Å². The van der Waals surface area contributed by atoms with Crippen LogP contribution in [0.25, 0.3) is 0 Å². The molecule has 17 heavy (non-hydrogen) atoms. The largest absolute Gasteiger partial charge is 0.336 e. The third-order valence-electron chi connectivity index (χ3n) is 3.93. The van der Waals surface area contributed by atoms with Gasteiger partial charge in [0.2, 0.25) is 0 Å². The van der Waals surface area contributed by atoms with Gasteiger partial charge in [-0.25, -0.2) is 4.98 Å². The Labute approximate surface area is 104 Å². The van der Waals surface area contributed by atoms with Crippen molar-refractivity contribution in [2.75, 3.05) is 13.1 Å². The molecule has 0 spiro atoms. The number of aromatic nitrogens is 2. The Bertz CT molecular complexity index is 358. The molecule has 1 aliphatic heterocycles. The molecule has 2 heterocycles. The molecule has 0 radical (unpaired) electrons. The molecule has 0 amide bonds. The molecule has 4 nitrogen and oxygen atoms in total. The highest BCUT2D eigenvalue weighted by Gasteiger charge is 2.33. The fourth-order valence-electron chi connectivity index (χ4n) is 3.03. The number of hydrogen-bond acceptors (Lipinski definition) is 3. The van der Waals surface area contributed by atoms with Gasteiger partial charge in [-0.3, -0.25) is 4.90 Å². The Balaban J connectivity index is 2.21. The molecule has 2 N–H and O–H groups in total. The van der Waals surface area contributed by atoms with E-state index >= 15 is 0 Å². The van der Waals surface area contributed by atoms with E-state index in [1.54, 1.807) is 0 Å². The van der Waals surface area contributed by atoms with Gasteiger partial charge in [0.05, 0.1) is 18.1 Å². The minimum absolute atomic E-state index is 0.317. The summed E-state index contributed by atoms with van der Waals surface area (Å²) in [6.07, 6.45) is 6.40. The Morgan fingerprint density at radius 2 is 2.29 bits per heavy atom. The van der Waals surface area contributed by atoms with Gasteiger partial charge in [-0.15, -0.1) is 0 Å². The van der Waals surface area contributed by atoms with Crippen LogP contribution in [-0.4, -0.2) is 33.6 Å². The van der Waals surface area contributed by atoms with Gasteiger partial charge in [0.1, 0.15) is 0 Å². The Morgan fingerprint density at radius 3 is 2.82 bits per heavy atom. The van der Waals surface area contributed by atoms with Gasteiger partial charge >= 0.3 is 0 Å². The minimum Gasteiger partial charge on any atom is -0.336 e. The predicted molar refractivity (Wildman–Crippen MR) is 69.6 cm³/mol. The highest BCUT2D eigenvalue weighted by atomic mass is 15.2. The molecule has 0 bridgehead atoms. The summed E-state index contributed by atoms with van der Waals surface area (Å²) in [7, 11) is 2.05. The lowest BCUT2D eigenvalue weighted by Crippen LogP contribution is -2.40. The third kappa shape index (κ3) is 2.38. The number of rotatable bonds is 4. The summed E-state index contributed by atoms with van der Waals surface area (Å²) in [5.41, 5.74) is 7.23.